The molecule has 3 aromatic rings. The number of ketones is 1. The molecule has 0 bridgehead atoms. The van der Waals surface area contributed by atoms with E-state index in [0.29, 0.717) is 23.0 Å². The molecule has 2 aliphatic rings. The minimum absolute atomic E-state index is 0.0168. The molecule has 0 unspecified atom stereocenters. The first-order valence-electron chi connectivity index (χ1n) is 14.0. The van der Waals surface area contributed by atoms with E-state index in [1.54, 1.807) is 6.07 Å². The van der Waals surface area contributed by atoms with E-state index in [9.17, 15) is 10.1 Å². The molecule has 2 aromatic heterocycles. The number of carbonyl (C=O) groups is 1. The van der Waals surface area contributed by atoms with Crippen LogP contribution in [0.4, 0.5) is 0 Å². The summed E-state index contributed by atoms with van der Waals surface area (Å²) in [5, 5.41) is 10.6. The highest BCUT2D eigenvalue weighted by Crippen LogP contribution is 2.45. The fourth-order valence-corrected chi connectivity index (χ4v) is 6.93. The summed E-state index contributed by atoms with van der Waals surface area (Å²) in [4.78, 5) is 20.6. The summed E-state index contributed by atoms with van der Waals surface area (Å²) in [7, 11) is 2.07. The van der Waals surface area contributed by atoms with Crippen LogP contribution in [0.2, 0.25) is 0 Å². The molecule has 0 N–H and O–H groups in total. The van der Waals surface area contributed by atoms with Gasteiger partial charge in [0.2, 0.25) is 0 Å². The number of allylic oxidation sites excluding steroid dienone is 1. The summed E-state index contributed by atoms with van der Waals surface area (Å²) >= 11 is 0. The molecule has 0 radical (unpaired) electrons. The van der Waals surface area contributed by atoms with E-state index in [-0.39, 0.29) is 17.7 Å². The van der Waals surface area contributed by atoms with Gasteiger partial charge in [-0.15, -0.1) is 0 Å². The third-order valence-electron chi connectivity index (χ3n) is 9.20. The number of nitrogens with zero attached hydrogens (tertiary/aromatic N) is 4. The molecule has 1 aromatic carbocycles. The van der Waals surface area contributed by atoms with Gasteiger partial charge in [-0.25, -0.2) is 4.98 Å². The van der Waals surface area contributed by atoms with Gasteiger partial charge < -0.3 is 9.47 Å². The zero-order valence-electron chi connectivity index (χ0n) is 23.6. The van der Waals surface area contributed by atoms with E-state index in [0.717, 1.165) is 41.7 Å². The largest absolute Gasteiger partial charge is 0.370 e. The van der Waals surface area contributed by atoms with Crippen molar-refractivity contribution < 1.29 is 4.79 Å². The molecule has 1 saturated carbocycles. The number of pyridine rings is 1. The molecule has 198 valence electrons. The van der Waals surface area contributed by atoms with Gasteiger partial charge in [-0.3, -0.25) is 4.79 Å². The Bertz CT molecular complexity index is 1450. The molecule has 1 aliphatic heterocycles. The Morgan fingerprint density at radius 2 is 1.95 bits per heavy atom. The van der Waals surface area contributed by atoms with Gasteiger partial charge in [0.1, 0.15) is 5.65 Å². The lowest BCUT2D eigenvalue weighted by Crippen LogP contribution is -2.49. The SMILES string of the molecule is C=C(C1CCCC1)N1CC[C@@H](c2cn(C)c3ncc(CC(=O)c4ccc(C)c(C#N)c4)c(C)c23)CC1(C)C. The summed E-state index contributed by atoms with van der Waals surface area (Å²) in [6, 6.07) is 7.58. The first-order chi connectivity index (χ1) is 18.1. The number of carbonyl (C=O) groups excluding carboxylic acids is 1. The van der Waals surface area contributed by atoms with Crippen molar-refractivity contribution in [2.24, 2.45) is 13.0 Å². The number of hydrogen-bond donors (Lipinski definition) is 0. The molecule has 5 heteroatoms. The number of aromatic nitrogens is 2. The second kappa shape index (κ2) is 10.1. The second-order valence-corrected chi connectivity index (χ2v) is 12.2. The number of fused-ring (bicyclic) bond motifs is 1. The maximum absolute atomic E-state index is 13.2. The van der Waals surface area contributed by atoms with Crippen molar-refractivity contribution in [1.29, 1.82) is 5.26 Å². The smallest absolute Gasteiger partial charge is 0.167 e. The Morgan fingerprint density at radius 3 is 2.63 bits per heavy atom. The molecule has 1 aliphatic carbocycles. The molecule has 5 rings (SSSR count). The first kappa shape index (κ1) is 26.2. The zero-order valence-corrected chi connectivity index (χ0v) is 23.6. The Kier molecular flexibility index (Phi) is 6.94. The van der Waals surface area contributed by atoms with E-state index in [1.165, 1.54) is 42.3 Å². The number of nitriles is 1. The predicted octanol–water partition coefficient (Wildman–Crippen LogP) is 7.15. The second-order valence-electron chi connectivity index (χ2n) is 12.2. The van der Waals surface area contributed by atoms with E-state index >= 15 is 0 Å². The lowest BCUT2D eigenvalue weighted by Gasteiger charge is -2.49. The van der Waals surface area contributed by atoms with Crippen molar-refractivity contribution in [3.05, 3.63) is 76.2 Å². The molecular weight excluding hydrogens is 468 g/mol. The average molecular weight is 509 g/mol. The van der Waals surface area contributed by atoms with Crippen molar-refractivity contribution >= 4 is 16.8 Å². The Labute approximate surface area is 227 Å². The van der Waals surface area contributed by atoms with Crippen LogP contribution in [0.15, 0.2) is 42.9 Å². The number of benzene rings is 1. The lowest BCUT2D eigenvalue weighted by atomic mass is 9.77. The summed E-state index contributed by atoms with van der Waals surface area (Å²) < 4.78 is 2.14. The van der Waals surface area contributed by atoms with Crippen molar-refractivity contribution in [3.63, 3.8) is 0 Å². The Morgan fingerprint density at radius 1 is 1.21 bits per heavy atom. The minimum atomic E-state index is 0.0168. The molecule has 1 atom stereocenters. The fraction of sp³-hybridized carbons (Fsp3) is 0.485. The van der Waals surface area contributed by atoms with Crippen LogP contribution in [0.25, 0.3) is 11.0 Å². The summed E-state index contributed by atoms with van der Waals surface area (Å²) in [6.07, 6.45) is 11.8. The normalized spacial score (nSPS) is 19.6. The monoisotopic (exact) mass is 508 g/mol. The summed E-state index contributed by atoms with van der Waals surface area (Å²) in [5.41, 5.74) is 7.84. The highest BCUT2D eigenvalue weighted by molar-refractivity contribution is 5.99. The van der Waals surface area contributed by atoms with Gasteiger partial charge in [0.15, 0.2) is 5.78 Å². The van der Waals surface area contributed by atoms with Gasteiger partial charge in [0.05, 0.1) is 11.6 Å². The van der Waals surface area contributed by atoms with Crippen LogP contribution in [0.1, 0.15) is 96.5 Å². The minimum Gasteiger partial charge on any atom is -0.370 e. The molecule has 1 saturated heterocycles. The lowest BCUT2D eigenvalue weighted by molar-refractivity contribution is 0.0897. The van der Waals surface area contributed by atoms with Crippen LogP contribution in [0.3, 0.4) is 0 Å². The topological polar surface area (TPSA) is 61.9 Å². The van der Waals surface area contributed by atoms with Gasteiger partial charge in [0, 0.05) is 54.6 Å². The van der Waals surface area contributed by atoms with E-state index in [4.69, 9.17) is 4.98 Å². The van der Waals surface area contributed by atoms with Crippen molar-refractivity contribution in [2.45, 2.75) is 84.1 Å². The van der Waals surface area contributed by atoms with Gasteiger partial charge in [0.25, 0.3) is 0 Å². The summed E-state index contributed by atoms with van der Waals surface area (Å²) in [5.74, 6) is 1.10. The van der Waals surface area contributed by atoms with Crippen LogP contribution < -0.4 is 0 Å². The fourth-order valence-electron chi connectivity index (χ4n) is 6.93. The zero-order chi connectivity index (χ0) is 27.2. The summed E-state index contributed by atoms with van der Waals surface area (Å²) in [6.45, 7) is 14.4. The van der Waals surface area contributed by atoms with Crippen LogP contribution in [-0.4, -0.2) is 32.3 Å². The highest BCUT2D eigenvalue weighted by Gasteiger charge is 2.39. The maximum Gasteiger partial charge on any atom is 0.167 e. The van der Waals surface area contributed by atoms with Gasteiger partial charge >= 0.3 is 0 Å². The number of likely N-dealkylation sites (tertiary alicyclic amines) is 1. The predicted molar refractivity (Wildman–Crippen MR) is 153 cm³/mol. The van der Waals surface area contributed by atoms with Crippen LogP contribution in [0.5, 0.6) is 0 Å². The average Bonchev–Trinajstić information content (AvgIpc) is 3.54. The molecule has 3 heterocycles. The van der Waals surface area contributed by atoms with Gasteiger partial charge in [-0.05, 0) is 93.5 Å². The third-order valence-corrected chi connectivity index (χ3v) is 9.20. The van der Waals surface area contributed by atoms with E-state index in [2.05, 4.69) is 56.1 Å². The Hall–Kier alpha value is -3.39. The number of hydrogen-bond acceptors (Lipinski definition) is 4. The number of rotatable bonds is 6. The first-order valence-corrected chi connectivity index (χ1v) is 14.0. The molecular formula is C33H40N4O. The molecule has 5 nitrogen and oxygen atoms in total. The standard InChI is InChI=1S/C33H40N4O/c1-21-11-12-25(15-27(21)18-34)30(38)16-28-19-35-32-31(22(28)2)29(20-36(32)6)26-13-14-37(33(4,5)17-26)23(3)24-9-7-8-10-24/h11-12,15,19-20,24,26H,3,7-10,13-14,16-17H2,1-2,4-6H3/t26-/m1/s1. The highest BCUT2D eigenvalue weighted by atomic mass is 16.1. The quantitative estimate of drug-likeness (QED) is 0.332. The number of piperidine rings is 1. The molecule has 38 heavy (non-hydrogen) atoms. The number of aryl methyl sites for hydroxylation is 3. The van der Waals surface area contributed by atoms with Crippen molar-refractivity contribution in [1.82, 2.24) is 14.5 Å². The van der Waals surface area contributed by atoms with Crippen molar-refractivity contribution in [2.75, 3.05) is 6.54 Å². The molecule has 2 fully saturated rings. The van der Waals surface area contributed by atoms with Gasteiger partial charge in [-0.2, -0.15) is 5.26 Å². The van der Waals surface area contributed by atoms with E-state index < -0.39 is 0 Å². The van der Waals surface area contributed by atoms with Crippen LogP contribution in [0, 0.1) is 31.1 Å². The van der Waals surface area contributed by atoms with Crippen molar-refractivity contribution in [3.8, 4) is 6.07 Å². The Balaban J connectivity index is 1.43. The third kappa shape index (κ3) is 4.66. The van der Waals surface area contributed by atoms with E-state index in [1.807, 2.05) is 25.3 Å². The molecule has 0 amide bonds. The van der Waals surface area contributed by atoms with Crippen LogP contribution in [-0.2, 0) is 13.5 Å². The van der Waals surface area contributed by atoms with Gasteiger partial charge in [-0.1, -0.05) is 31.6 Å². The van der Waals surface area contributed by atoms with Crippen LogP contribution >= 0.6 is 0 Å². The number of Topliss-reactive ketones (excluding diaryl/α,β-unsaturated/α-hetero) is 1. The maximum atomic E-state index is 13.2. The molecule has 0 spiro atoms.